The smallest absolute Gasteiger partial charge is 0.336 e. The highest BCUT2D eigenvalue weighted by molar-refractivity contribution is 6.21. The largest absolute Gasteiger partial charge is 0.497 e. The minimum absolute atomic E-state index is 0.130. The third-order valence-electron chi connectivity index (χ3n) is 6.40. The molecule has 2 aromatic rings. The molecule has 0 aromatic heterocycles. The standard InChI is InChI=1S/C27H24F2N2O8/c1-37-14-7-8-18(29)17(11-14)21-22(26(34)35)20(30-19(12-28)23(21)27(36)38-2)13-39-10-9-31-24(32)15-5-3-4-6-16(15)25(31)33/h3-8,11,21,30H,9-10,12-13H2,1-2H3,(H,34,35). The molecule has 0 saturated heterocycles. The van der Waals surface area contributed by atoms with E-state index in [4.69, 9.17) is 14.2 Å². The van der Waals surface area contributed by atoms with Gasteiger partial charge >= 0.3 is 11.9 Å². The molecule has 1 unspecified atom stereocenters. The fraction of sp³-hybridized carbons (Fsp3) is 0.259. The second-order valence-electron chi connectivity index (χ2n) is 8.52. The molecule has 2 aromatic carbocycles. The summed E-state index contributed by atoms with van der Waals surface area (Å²) in [5, 5.41) is 12.7. The minimum atomic E-state index is -1.56. The number of halogens is 2. The number of hydrogen-bond acceptors (Lipinski definition) is 8. The molecule has 0 radical (unpaired) electrons. The number of fused-ring (bicyclic) bond motifs is 1. The molecule has 2 amide bonds. The lowest BCUT2D eigenvalue weighted by atomic mass is 9.80. The van der Waals surface area contributed by atoms with Crippen molar-refractivity contribution < 1.29 is 47.3 Å². The van der Waals surface area contributed by atoms with Crippen molar-refractivity contribution in [3.63, 3.8) is 0 Å². The summed E-state index contributed by atoms with van der Waals surface area (Å²) in [5.74, 6) is -5.78. The van der Waals surface area contributed by atoms with E-state index in [0.29, 0.717) is 0 Å². The first-order chi connectivity index (χ1) is 18.7. The molecule has 2 aliphatic rings. The fourth-order valence-electron chi connectivity index (χ4n) is 4.59. The normalized spacial score (nSPS) is 16.8. The Labute approximate surface area is 221 Å². The van der Waals surface area contributed by atoms with Gasteiger partial charge < -0.3 is 24.6 Å². The van der Waals surface area contributed by atoms with Crippen LogP contribution in [0.4, 0.5) is 8.78 Å². The van der Waals surface area contributed by atoms with Crippen molar-refractivity contribution in [1.29, 1.82) is 0 Å². The van der Waals surface area contributed by atoms with E-state index in [1.807, 2.05) is 0 Å². The Morgan fingerprint density at radius 2 is 1.69 bits per heavy atom. The van der Waals surface area contributed by atoms with Gasteiger partial charge in [0.25, 0.3) is 11.8 Å². The number of imide groups is 1. The van der Waals surface area contributed by atoms with Crippen molar-refractivity contribution in [3.05, 3.63) is 87.5 Å². The van der Waals surface area contributed by atoms with Gasteiger partial charge in [0.2, 0.25) is 0 Å². The lowest BCUT2D eigenvalue weighted by molar-refractivity contribution is -0.136. The number of carboxylic acids is 1. The fourth-order valence-corrected chi connectivity index (χ4v) is 4.59. The van der Waals surface area contributed by atoms with Crippen LogP contribution in [-0.2, 0) is 19.1 Å². The Balaban J connectivity index is 1.63. The minimum Gasteiger partial charge on any atom is -0.497 e. The number of nitrogens with one attached hydrogen (secondary N) is 1. The number of carbonyl (C=O) groups excluding carboxylic acids is 3. The van der Waals surface area contributed by atoms with E-state index in [9.17, 15) is 28.7 Å². The summed E-state index contributed by atoms with van der Waals surface area (Å²) >= 11 is 0. The molecule has 1 atom stereocenters. The molecule has 12 heteroatoms. The summed E-state index contributed by atoms with van der Waals surface area (Å²) in [6, 6.07) is 9.91. The highest BCUT2D eigenvalue weighted by Gasteiger charge is 2.41. The molecule has 2 aliphatic heterocycles. The van der Waals surface area contributed by atoms with Crippen LogP contribution < -0.4 is 10.1 Å². The Bertz CT molecular complexity index is 1380. The van der Waals surface area contributed by atoms with Crippen LogP contribution in [0.2, 0.25) is 0 Å². The number of nitrogens with zero attached hydrogens (tertiary/aromatic N) is 1. The monoisotopic (exact) mass is 542 g/mol. The van der Waals surface area contributed by atoms with E-state index >= 15 is 4.39 Å². The van der Waals surface area contributed by atoms with Gasteiger partial charge in [-0.25, -0.2) is 18.4 Å². The predicted molar refractivity (Wildman–Crippen MR) is 131 cm³/mol. The zero-order valence-corrected chi connectivity index (χ0v) is 21.0. The van der Waals surface area contributed by atoms with Crippen LogP contribution in [-0.4, -0.2) is 74.4 Å². The van der Waals surface area contributed by atoms with E-state index in [-0.39, 0.29) is 47.0 Å². The maximum Gasteiger partial charge on any atom is 0.336 e. The molecule has 10 nitrogen and oxygen atoms in total. The Morgan fingerprint density at radius 1 is 1.03 bits per heavy atom. The number of amides is 2. The third-order valence-corrected chi connectivity index (χ3v) is 6.40. The molecule has 0 aliphatic carbocycles. The van der Waals surface area contributed by atoms with E-state index in [2.05, 4.69) is 5.32 Å². The summed E-state index contributed by atoms with van der Waals surface area (Å²) < 4.78 is 44.6. The number of dihydropyridines is 1. The zero-order valence-electron chi connectivity index (χ0n) is 21.0. The molecule has 2 heterocycles. The first-order valence-corrected chi connectivity index (χ1v) is 11.7. The molecular weight excluding hydrogens is 518 g/mol. The van der Waals surface area contributed by atoms with Crippen molar-refractivity contribution in [3.8, 4) is 5.75 Å². The number of alkyl halides is 1. The van der Waals surface area contributed by atoms with E-state index in [0.717, 1.165) is 18.1 Å². The SMILES string of the molecule is COC(=O)C1=C(CF)NC(COCCN2C(=O)c3ccccc3C2=O)=C(C(=O)O)C1c1cc(OC)ccc1F. The number of allylic oxidation sites excluding steroid dienone is 1. The first kappa shape index (κ1) is 27.5. The van der Waals surface area contributed by atoms with Crippen LogP contribution in [0.3, 0.4) is 0 Å². The van der Waals surface area contributed by atoms with E-state index in [1.54, 1.807) is 12.1 Å². The van der Waals surface area contributed by atoms with Crippen molar-refractivity contribution in [2.75, 3.05) is 40.7 Å². The van der Waals surface area contributed by atoms with Gasteiger partial charge in [-0.2, -0.15) is 0 Å². The summed E-state index contributed by atoms with van der Waals surface area (Å²) in [6.45, 7) is -1.97. The number of carbonyl (C=O) groups is 4. The van der Waals surface area contributed by atoms with Gasteiger partial charge in [0.05, 0.1) is 73.6 Å². The third kappa shape index (κ3) is 5.10. The lowest BCUT2D eigenvalue weighted by Gasteiger charge is -2.31. The topological polar surface area (TPSA) is 131 Å². The average Bonchev–Trinajstić information content (AvgIpc) is 3.19. The van der Waals surface area contributed by atoms with Gasteiger partial charge in [-0.15, -0.1) is 0 Å². The van der Waals surface area contributed by atoms with E-state index in [1.165, 1.54) is 31.4 Å². The Morgan fingerprint density at radius 3 is 2.26 bits per heavy atom. The maximum atomic E-state index is 15.0. The van der Waals surface area contributed by atoms with Gasteiger partial charge in [0, 0.05) is 5.56 Å². The van der Waals surface area contributed by atoms with Crippen LogP contribution in [0.15, 0.2) is 65.0 Å². The molecule has 0 fully saturated rings. The van der Waals surface area contributed by atoms with Crippen LogP contribution in [0.5, 0.6) is 5.75 Å². The van der Waals surface area contributed by atoms with Gasteiger partial charge in [-0.3, -0.25) is 14.5 Å². The van der Waals surface area contributed by atoms with E-state index < -0.39 is 59.9 Å². The lowest BCUT2D eigenvalue weighted by Crippen LogP contribution is -2.37. The second-order valence-corrected chi connectivity index (χ2v) is 8.52. The second kappa shape index (κ2) is 11.4. The van der Waals surface area contributed by atoms with Gasteiger partial charge in [-0.05, 0) is 30.3 Å². The van der Waals surface area contributed by atoms with Gasteiger partial charge in [-0.1, -0.05) is 12.1 Å². The maximum absolute atomic E-state index is 15.0. The van der Waals surface area contributed by atoms with Crippen molar-refractivity contribution in [1.82, 2.24) is 10.2 Å². The molecule has 39 heavy (non-hydrogen) atoms. The number of aliphatic carboxylic acids is 1. The van der Waals surface area contributed by atoms with Gasteiger partial charge in [0.1, 0.15) is 18.2 Å². The van der Waals surface area contributed by atoms with Crippen LogP contribution in [0.25, 0.3) is 0 Å². The summed E-state index contributed by atoms with van der Waals surface area (Å²) in [5.41, 5.74) is -1.06. The van der Waals surface area contributed by atoms with Crippen LogP contribution in [0.1, 0.15) is 32.2 Å². The van der Waals surface area contributed by atoms with Gasteiger partial charge in [0.15, 0.2) is 0 Å². The average molecular weight is 542 g/mol. The van der Waals surface area contributed by atoms with Crippen molar-refractivity contribution in [2.45, 2.75) is 5.92 Å². The zero-order chi connectivity index (χ0) is 28.3. The number of esters is 1. The van der Waals surface area contributed by atoms with Crippen molar-refractivity contribution in [2.24, 2.45) is 0 Å². The number of benzene rings is 2. The molecule has 0 bridgehead atoms. The number of carboxylic acid groups (broad SMARTS) is 1. The summed E-state index contributed by atoms with van der Waals surface area (Å²) in [4.78, 5) is 51.2. The Hall–Kier alpha value is -4.58. The number of rotatable bonds is 10. The highest BCUT2D eigenvalue weighted by atomic mass is 19.1. The quantitative estimate of drug-likeness (QED) is 0.264. The predicted octanol–water partition coefficient (Wildman–Crippen LogP) is 2.57. The first-order valence-electron chi connectivity index (χ1n) is 11.7. The van der Waals surface area contributed by atoms with Crippen LogP contribution in [0, 0.1) is 5.82 Å². The number of hydrogen-bond donors (Lipinski definition) is 2. The molecule has 4 rings (SSSR count). The number of methoxy groups -OCH3 is 2. The molecular formula is C27H24F2N2O8. The summed E-state index contributed by atoms with van der Waals surface area (Å²) in [7, 11) is 2.36. The van der Waals surface area contributed by atoms with Crippen LogP contribution >= 0.6 is 0 Å². The molecule has 2 N–H and O–H groups in total. The Kier molecular flexibility index (Phi) is 8.05. The number of ether oxygens (including phenoxy) is 3. The molecule has 0 spiro atoms. The van der Waals surface area contributed by atoms with Crippen molar-refractivity contribution >= 4 is 23.8 Å². The molecule has 0 saturated carbocycles. The molecule has 204 valence electrons. The summed E-state index contributed by atoms with van der Waals surface area (Å²) in [6.07, 6.45) is 0. The highest BCUT2D eigenvalue weighted by Crippen LogP contribution is 2.41.